The van der Waals surface area contributed by atoms with E-state index in [0.717, 1.165) is 5.56 Å². The lowest BCUT2D eigenvalue weighted by atomic mass is 10.1. The number of hydrogen-bond acceptors (Lipinski definition) is 5. The third-order valence-electron chi connectivity index (χ3n) is 4.78. The molecule has 0 bridgehead atoms. The summed E-state index contributed by atoms with van der Waals surface area (Å²) in [5, 5.41) is 12.5. The Morgan fingerprint density at radius 2 is 1.76 bits per heavy atom. The SMILES string of the molecule is CNC(=O)c1ccccc1NC(=O)COc1ccc(CNC(=O)c2c(Cl)c(C)nn2C)cc1. The number of carbonyl (C=O) groups is 3. The fourth-order valence-electron chi connectivity index (χ4n) is 3.11. The molecule has 0 aliphatic heterocycles. The minimum absolute atomic E-state index is 0.226. The van der Waals surface area contributed by atoms with E-state index >= 15 is 0 Å². The Hall–Kier alpha value is -3.85. The van der Waals surface area contributed by atoms with Gasteiger partial charge in [0.2, 0.25) is 0 Å². The molecule has 1 heterocycles. The van der Waals surface area contributed by atoms with Crippen LogP contribution in [-0.2, 0) is 18.4 Å². The maximum atomic E-state index is 12.4. The highest BCUT2D eigenvalue weighted by molar-refractivity contribution is 6.34. The molecule has 33 heavy (non-hydrogen) atoms. The second kappa shape index (κ2) is 10.6. The summed E-state index contributed by atoms with van der Waals surface area (Å²) in [6.07, 6.45) is 0. The molecule has 1 aromatic heterocycles. The van der Waals surface area contributed by atoms with Crippen molar-refractivity contribution >= 4 is 35.0 Å². The van der Waals surface area contributed by atoms with Gasteiger partial charge < -0.3 is 20.7 Å². The van der Waals surface area contributed by atoms with Crippen molar-refractivity contribution in [3.05, 3.63) is 76.1 Å². The second-order valence-corrected chi connectivity index (χ2v) is 7.54. The Balaban J connectivity index is 1.51. The van der Waals surface area contributed by atoms with Gasteiger partial charge in [0, 0.05) is 20.6 Å². The summed E-state index contributed by atoms with van der Waals surface area (Å²) in [4.78, 5) is 36.6. The van der Waals surface area contributed by atoms with Crippen LogP contribution in [0.3, 0.4) is 0 Å². The number of halogens is 1. The zero-order valence-corrected chi connectivity index (χ0v) is 19.2. The topological polar surface area (TPSA) is 114 Å². The van der Waals surface area contributed by atoms with Crippen LogP contribution >= 0.6 is 11.6 Å². The van der Waals surface area contributed by atoms with Crippen LogP contribution in [-0.4, -0.2) is 41.2 Å². The van der Waals surface area contributed by atoms with E-state index in [1.165, 1.54) is 11.7 Å². The van der Waals surface area contributed by atoms with Gasteiger partial charge >= 0.3 is 0 Å². The fourth-order valence-corrected chi connectivity index (χ4v) is 3.35. The predicted molar refractivity (Wildman–Crippen MR) is 125 cm³/mol. The van der Waals surface area contributed by atoms with Crippen LogP contribution in [0, 0.1) is 6.92 Å². The number of carbonyl (C=O) groups excluding carboxylic acids is 3. The van der Waals surface area contributed by atoms with Crippen molar-refractivity contribution in [1.82, 2.24) is 20.4 Å². The van der Waals surface area contributed by atoms with Crippen LogP contribution in [0.1, 0.15) is 32.1 Å². The molecular formula is C23H24ClN5O4. The van der Waals surface area contributed by atoms with Crippen molar-refractivity contribution in [3.8, 4) is 5.75 Å². The largest absolute Gasteiger partial charge is 0.484 e. The van der Waals surface area contributed by atoms with E-state index in [1.807, 2.05) is 0 Å². The summed E-state index contributed by atoms with van der Waals surface area (Å²) in [5.41, 5.74) is 2.50. The molecular weight excluding hydrogens is 446 g/mol. The number of benzene rings is 2. The molecule has 0 aliphatic carbocycles. The summed E-state index contributed by atoms with van der Waals surface area (Å²) < 4.78 is 6.97. The lowest BCUT2D eigenvalue weighted by molar-refractivity contribution is -0.118. The normalized spacial score (nSPS) is 10.4. The van der Waals surface area contributed by atoms with E-state index < -0.39 is 5.91 Å². The van der Waals surface area contributed by atoms with Gasteiger partial charge in [-0.15, -0.1) is 0 Å². The number of amides is 3. The summed E-state index contributed by atoms with van der Waals surface area (Å²) >= 11 is 6.14. The zero-order valence-electron chi connectivity index (χ0n) is 18.4. The molecule has 3 rings (SSSR count). The van der Waals surface area contributed by atoms with Crippen molar-refractivity contribution in [2.24, 2.45) is 7.05 Å². The average Bonchev–Trinajstić information content (AvgIpc) is 3.07. The fraction of sp³-hybridized carbons (Fsp3) is 0.217. The molecule has 172 valence electrons. The van der Waals surface area contributed by atoms with Gasteiger partial charge in [-0.2, -0.15) is 5.10 Å². The van der Waals surface area contributed by atoms with Gasteiger partial charge in [-0.05, 0) is 36.8 Å². The summed E-state index contributed by atoms with van der Waals surface area (Å²) in [7, 11) is 3.18. The molecule has 10 heteroatoms. The molecule has 9 nitrogen and oxygen atoms in total. The second-order valence-electron chi connectivity index (χ2n) is 7.16. The monoisotopic (exact) mass is 469 g/mol. The number of aromatic nitrogens is 2. The van der Waals surface area contributed by atoms with Crippen LogP contribution < -0.4 is 20.7 Å². The molecule has 0 fully saturated rings. The summed E-state index contributed by atoms with van der Waals surface area (Å²) in [6.45, 7) is 1.80. The lowest BCUT2D eigenvalue weighted by Crippen LogP contribution is -2.25. The Kier molecular flexibility index (Phi) is 7.68. The summed E-state index contributed by atoms with van der Waals surface area (Å²) in [5.74, 6) is -0.524. The van der Waals surface area contributed by atoms with Gasteiger partial charge in [-0.1, -0.05) is 35.9 Å². The molecule has 0 saturated heterocycles. The average molecular weight is 470 g/mol. The number of rotatable bonds is 8. The molecule has 2 aromatic carbocycles. The first-order valence-corrected chi connectivity index (χ1v) is 10.5. The smallest absolute Gasteiger partial charge is 0.271 e. The molecule has 3 N–H and O–H groups in total. The number of aryl methyl sites for hydroxylation is 2. The van der Waals surface area contributed by atoms with Crippen LogP contribution in [0.4, 0.5) is 5.69 Å². The number of anilines is 1. The quantitative estimate of drug-likeness (QED) is 0.469. The molecule has 0 aliphatic rings. The molecule has 0 radical (unpaired) electrons. The van der Waals surface area contributed by atoms with Gasteiger partial charge in [0.15, 0.2) is 6.61 Å². The number of nitrogens with zero attached hydrogens (tertiary/aromatic N) is 2. The van der Waals surface area contributed by atoms with Gasteiger partial charge in [-0.3, -0.25) is 19.1 Å². The number of para-hydroxylation sites is 1. The van der Waals surface area contributed by atoms with E-state index in [0.29, 0.717) is 33.4 Å². The minimum Gasteiger partial charge on any atom is -0.484 e. The van der Waals surface area contributed by atoms with Crippen LogP contribution in [0.25, 0.3) is 0 Å². The van der Waals surface area contributed by atoms with E-state index in [2.05, 4.69) is 21.0 Å². The third-order valence-corrected chi connectivity index (χ3v) is 5.24. The zero-order chi connectivity index (χ0) is 24.0. The van der Waals surface area contributed by atoms with Gasteiger partial charge in [0.05, 0.1) is 22.0 Å². The van der Waals surface area contributed by atoms with Crippen molar-refractivity contribution in [2.45, 2.75) is 13.5 Å². The Morgan fingerprint density at radius 1 is 1.06 bits per heavy atom. The van der Waals surface area contributed by atoms with E-state index in [4.69, 9.17) is 16.3 Å². The highest BCUT2D eigenvalue weighted by Gasteiger charge is 2.18. The Morgan fingerprint density at radius 3 is 2.39 bits per heavy atom. The Labute approximate surface area is 196 Å². The van der Waals surface area contributed by atoms with Gasteiger partial charge in [0.25, 0.3) is 17.7 Å². The lowest BCUT2D eigenvalue weighted by Gasteiger charge is -2.11. The van der Waals surface area contributed by atoms with Gasteiger partial charge in [-0.25, -0.2) is 0 Å². The molecule has 0 atom stereocenters. The van der Waals surface area contributed by atoms with Crippen LogP contribution in [0.5, 0.6) is 5.75 Å². The molecule has 0 unspecified atom stereocenters. The maximum absolute atomic E-state index is 12.4. The molecule has 0 spiro atoms. The standard InChI is InChI=1S/C23H24ClN5O4/c1-14-20(24)21(29(3)28-14)23(32)26-12-15-8-10-16(11-9-15)33-13-19(30)27-18-7-5-4-6-17(18)22(31)25-2/h4-11H,12-13H2,1-3H3,(H,25,31)(H,26,32)(H,27,30). The highest BCUT2D eigenvalue weighted by atomic mass is 35.5. The van der Waals surface area contributed by atoms with Gasteiger partial charge in [0.1, 0.15) is 11.4 Å². The van der Waals surface area contributed by atoms with Crippen LogP contribution in [0.15, 0.2) is 48.5 Å². The van der Waals surface area contributed by atoms with Crippen molar-refractivity contribution < 1.29 is 19.1 Å². The number of ether oxygens (including phenoxy) is 1. The van der Waals surface area contributed by atoms with Crippen molar-refractivity contribution in [2.75, 3.05) is 19.0 Å². The van der Waals surface area contributed by atoms with E-state index in [9.17, 15) is 14.4 Å². The van der Waals surface area contributed by atoms with Crippen LogP contribution in [0.2, 0.25) is 5.02 Å². The predicted octanol–water partition coefficient (Wildman–Crippen LogP) is 2.69. The van der Waals surface area contributed by atoms with Crippen molar-refractivity contribution in [1.29, 1.82) is 0 Å². The molecule has 0 saturated carbocycles. The minimum atomic E-state index is -0.397. The van der Waals surface area contributed by atoms with Crippen molar-refractivity contribution in [3.63, 3.8) is 0 Å². The first-order chi connectivity index (χ1) is 15.8. The highest BCUT2D eigenvalue weighted by Crippen LogP contribution is 2.19. The van der Waals surface area contributed by atoms with E-state index in [1.54, 1.807) is 62.5 Å². The third kappa shape index (κ3) is 5.89. The molecule has 3 aromatic rings. The Bertz CT molecular complexity index is 1170. The maximum Gasteiger partial charge on any atom is 0.271 e. The number of nitrogens with one attached hydrogen (secondary N) is 3. The van der Waals surface area contributed by atoms with E-state index in [-0.39, 0.29) is 25.0 Å². The first kappa shape index (κ1) is 23.8. The molecule has 3 amide bonds. The number of hydrogen-bond donors (Lipinski definition) is 3. The summed E-state index contributed by atoms with van der Waals surface area (Å²) in [6, 6.07) is 13.7. The first-order valence-electron chi connectivity index (χ1n) is 10.1.